The molecule has 3 rings (SSSR count). The van der Waals surface area contributed by atoms with Crippen LogP contribution in [0.3, 0.4) is 0 Å². The summed E-state index contributed by atoms with van der Waals surface area (Å²) in [6, 6.07) is -0.387. The van der Waals surface area contributed by atoms with E-state index in [2.05, 4.69) is 10.6 Å². The summed E-state index contributed by atoms with van der Waals surface area (Å²) in [5.74, 6) is -1.73. The number of fused-ring (bicyclic) bond motifs is 1. The summed E-state index contributed by atoms with van der Waals surface area (Å²) >= 11 is 0. The molecule has 150 valence electrons. The average molecular weight is 382 g/mol. The molecule has 1 amide bonds. The summed E-state index contributed by atoms with van der Waals surface area (Å²) in [6.07, 6.45) is 3.72. The number of hydrogen-bond acceptors (Lipinski definition) is 2. The van der Waals surface area contributed by atoms with Crippen molar-refractivity contribution < 1.29 is 18.0 Å². The molecule has 0 aromatic rings. The molecule has 2 aliphatic carbocycles. The second-order valence-corrected chi connectivity index (χ2v) is 9.14. The number of carbonyl (C=O) groups is 1. The summed E-state index contributed by atoms with van der Waals surface area (Å²) in [4.78, 5) is 12.7. The molecule has 0 saturated heterocycles. The molecule has 3 nitrogen and oxygen atoms in total. The first-order valence-corrected chi connectivity index (χ1v) is 9.75. The van der Waals surface area contributed by atoms with Gasteiger partial charge in [0, 0.05) is 22.2 Å². The van der Waals surface area contributed by atoms with Crippen molar-refractivity contribution >= 4 is 5.91 Å². The number of carbonyl (C=O) groups excluding carboxylic acids is 1. The van der Waals surface area contributed by atoms with Gasteiger partial charge in [0.15, 0.2) is 0 Å². The van der Waals surface area contributed by atoms with Crippen molar-refractivity contribution in [1.29, 1.82) is 0 Å². The van der Waals surface area contributed by atoms with E-state index >= 15 is 0 Å². The van der Waals surface area contributed by atoms with E-state index in [4.69, 9.17) is 0 Å². The summed E-state index contributed by atoms with van der Waals surface area (Å²) in [6.45, 7) is 8.10. The minimum atomic E-state index is -4.34. The first kappa shape index (κ1) is 20.0. The molecule has 6 heteroatoms. The molecule has 2 unspecified atom stereocenters. The van der Waals surface area contributed by atoms with Gasteiger partial charge in [0.05, 0.1) is 12.0 Å². The molecule has 2 atom stereocenters. The van der Waals surface area contributed by atoms with Crippen LogP contribution in [0, 0.1) is 16.7 Å². The van der Waals surface area contributed by atoms with Crippen LogP contribution in [0.5, 0.6) is 0 Å². The summed E-state index contributed by atoms with van der Waals surface area (Å²) in [5, 5.41) is 6.06. The topological polar surface area (TPSA) is 41.1 Å². The molecule has 1 saturated carbocycles. The normalized spacial score (nSPS) is 26.9. The van der Waals surface area contributed by atoms with Crippen molar-refractivity contribution in [3.63, 3.8) is 0 Å². The van der Waals surface area contributed by atoms with Crippen LogP contribution in [0.2, 0.25) is 0 Å². The Hall–Kier alpha value is -1.72. The van der Waals surface area contributed by atoms with Gasteiger partial charge in [-0.3, -0.25) is 4.79 Å². The number of hydrogen-bond donors (Lipinski definition) is 2. The number of halogens is 3. The first-order chi connectivity index (χ1) is 12.4. The van der Waals surface area contributed by atoms with Gasteiger partial charge in [-0.05, 0) is 49.5 Å². The van der Waals surface area contributed by atoms with E-state index in [1.54, 1.807) is 6.08 Å². The maximum absolute atomic E-state index is 13.6. The predicted octanol–water partition coefficient (Wildman–Crippen LogP) is 4.98. The molecule has 1 heterocycles. The molecular weight excluding hydrogens is 353 g/mol. The van der Waals surface area contributed by atoms with Gasteiger partial charge in [-0.2, -0.15) is 13.2 Å². The fraction of sp³-hybridized carbons (Fsp3) is 0.667. The molecule has 0 radical (unpaired) electrons. The lowest BCUT2D eigenvalue weighted by atomic mass is 9.92. The monoisotopic (exact) mass is 382 g/mol. The minimum absolute atomic E-state index is 0.0646. The van der Waals surface area contributed by atoms with Crippen molar-refractivity contribution in [2.24, 2.45) is 16.7 Å². The van der Waals surface area contributed by atoms with E-state index in [0.717, 1.165) is 37.0 Å². The highest BCUT2D eigenvalue weighted by atomic mass is 19.4. The van der Waals surface area contributed by atoms with Gasteiger partial charge < -0.3 is 10.6 Å². The van der Waals surface area contributed by atoms with Crippen LogP contribution >= 0.6 is 0 Å². The van der Waals surface area contributed by atoms with Crippen LogP contribution in [0.15, 0.2) is 35.2 Å². The molecule has 0 bridgehead atoms. The average Bonchev–Trinajstić information content (AvgIpc) is 3.24. The van der Waals surface area contributed by atoms with Gasteiger partial charge in [-0.15, -0.1) is 0 Å². The quantitative estimate of drug-likeness (QED) is 0.720. The number of alkyl halides is 3. The predicted molar refractivity (Wildman–Crippen MR) is 99.5 cm³/mol. The van der Waals surface area contributed by atoms with Gasteiger partial charge in [0.2, 0.25) is 5.91 Å². The summed E-state index contributed by atoms with van der Waals surface area (Å²) in [5.41, 5.74) is 1.45. The van der Waals surface area contributed by atoms with E-state index in [1.807, 2.05) is 33.8 Å². The van der Waals surface area contributed by atoms with Crippen molar-refractivity contribution in [2.75, 3.05) is 0 Å². The molecule has 3 aliphatic rings. The van der Waals surface area contributed by atoms with E-state index in [0.29, 0.717) is 0 Å². The Morgan fingerprint density at radius 1 is 1.26 bits per heavy atom. The van der Waals surface area contributed by atoms with Gasteiger partial charge in [-0.25, -0.2) is 0 Å². The molecular formula is C21H29F3N2O. The highest BCUT2D eigenvalue weighted by Crippen LogP contribution is 2.50. The van der Waals surface area contributed by atoms with Crippen molar-refractivity contribution in [2.45, 2.75) is 72.0 Å². The molecule has 1 aliphatic heterocycles. The van der Waals surface area contributed by atoms with Crippen LogP contribution < -0.4 is 10.6 Å². The Labute approximate surface area is 159 Å². The fourth-order valence-corrected chi connectivity index (χ4v) is 3.91. The number of nitrogens with one attached hydrogen (secondary N) is 2. The largest absolute Gasteiger partial charge is 0.395 e. The van der Waals surface area contributed by atoms with Crippen LogP contribution in [0.4, 0.5) is 13.2 Å². The van der Waals surface area contributed by atoms with Crippen LogP contribution in [0.1, 0.15) is 59.8 Å². The molecule has 0 aromatic carbocycles. The zero-order valence-electron chi connectivity index (χ0n) is 16.5. The Kier molecular flexibility index (Phi) is 4.98. The highest BCUT2D eigenvalue weighted by Gasteiger charge is 2.49. The Balaban J connectivity index is 1.88. The Bertz CT molecular complexity index is 706. The van der Waals surface area contributed by atoms with Gasteiger partial charge in [0.1, 0.15) is 0 Å². The van der Waals surface area contributed by atoms with Crippen LogP contribution in [-0.4, -0.2) is 18.1 Å². The molecule has 0 aromatic heterocycles. The lowest BCUT2D eigenvalue weighted by Crippen LogP contribution is -2.34. The first-order valence-electron chi connectivity index (χ1n) is 9.75. The van der Waals surface area contributed by atoms with E-state index < -0.39 is 12.1 Å². The highest BCUT2D eigenvalue weighted by molar-refractivity contribution is 5.87. The summed E-state index contributed by atoms with van der Waals surface area (Å²) < 4.78 is 40.7. The third-order valence-corrected chi connectivity index (χ3v) is 5.79. The van der Waals surface area contributed by atoms with E-state index in [9.17, 15) is 18.0 Å². The molecule has 2 N–H and O–H groups in total. The smallest absolute Gasteiger partial charge is 0.381 e. The van der Waals surface area contributed by atoms with E-state index in [1.165, 1.54) is 6.08 Å². The van der Waals surface area contributed by atoms with E-state index in [-0.39, 0.29) is 34.9 Å². The fourth-order valence-electron chi connectivity index (χ4n) is 3.91. The maximum atomic E-state index is 13.6. The van der Waals surface area contributed by atoms with Crippen molar-refractivity contribution in [1.82, 2.24) is 10.6 Å². The zero-order valence-corrected chi connectivity index (χ0v) is 16.5. The SMILES string of the molecule is CCCC1(C(=O)NC2=CC(C(F)(F)F)CC3NC(C(C)(C)C)=CC3=C2)CC1. The third kappa shape index (κ3) is 4.25. The van der Waals surface area contributed by atoms with Crippen LogP contribution in [-0.2, 0) is 4.79 Å². The second kappa shape index (κ2) is 6.71. The second-order valence-electron chi connectivity index (χ2n) is 9.14. The lowest BCUT2D eigenvalue weighted by molar-refractivity contribution is -0.163. The Morgan fingerprint density at radius 3 is 2.44 bits per heavy atom. The number of allylic oxidation sites excluding steroid dienone is 3. The number of amides is 1. The molecule has 1 fully saturated rings. The number of rotatable bonds is 4. The third-order valence-electron chi connectivity index (χ3n) is 5.79. The molecule has 0 spiro atoms. The standard InChI is InChI=1S/C21H29F3N2O/c1-5-6-20(7-8-20)18(27)25-15-9-13-10-17(19(2,3)4)26-16(13)12-14(11-15)21(22,23)24/h9-11,14,16,26H,5-8,12H2,1-4H3,(H,25,27). The Morgan fingerprint density at radius 2 is 1.93 bits per heavy atom. The maximum Gasteiger partial charge on any atom is 0.395 e. The lowest BCUT2D eigenvalue weighted by Gasteiger charge is -2.25. The van der Waals surface area contributed by atoms with Crippen molar-refractivity contribution in [3.05, 3.63) is 35.2 Å². The summed E-state index contributed by atoms with van der Waals surface area (Å²) in [7, 11) is 0. The van der Waals surface area contributed by atoms with Gasteiger partial charge >= 0.3 is 6.18 Å². The zero-order chi connectivity index (χ0) is 20.0. The molecule has 27 heavy (non-hydrogen) atoms. The van der Waals surface area contributed by atoms with Crippen molar-refractivity contribution in [3.8, 4) is 0 Å². The minimum Gasteiger partial charge on any atom is -0.381 e. The van der Waals surface area contributed by atoms with Gasteiger partial charge in [-0.1, -0.05) is 34.1 Å². The van der Waals surface area contributed by atoms with Gasteiger partial charge in [0.25, 0.3) is 0 Å². The van der Waals surface area contributed by atoms with Crippen LogP contribution in [0.25, 0.3) is 0 Å².